The number of hydrogen-bond acceptors (Lipinski definition) is 3. The second kappa shape index (κ2) is 7.11. The van der Waals surface area contributed by atoms with E-state index >= 15 is 0 Å². The van der Waals surface area contributed by atoms with E-state index in [2.05, 4.69) is 5.32 Å². The first-order valence-corrected chi connectivity index (χ1v) is 7.41. The van der Waals surface area contributed by atoms with Crippen molar-refractivity contribution in [1.29, 1.82) is 0 Å². The van der Waals surface area contributed by atoms with Gasteiger partial charge in [0.25, 0.3) is 0 Å². The molecule has 1 N–H and O–H groups in total. The summed E-state index contributed by atoms with van der Waals surface area (Å²) in [5.74, 6) is 0.572. The lowest BCUT2D eigenvalue weighted by Crippen LogP contribution is -2.44. The summed E-state index contributed by atoms with van der Waals surface area (Å²) in [6.07, 6.45) is 3.18. The van der Waals surface area contributed by atoms with Crippen LogP contribution in [0.5, 0.6) is 5.75 Å². The molecule has 0 unspecified atom stereocenters. The van der Waals surface area contributed by atoms with E-state index in [4.69, 9.17) is 4.74 Å². The molecule has 1 heterocycles. The van der Waals surface area contributed by atoms with Crippen LogP contribution in [0, 0.1) is 0 Å². The number of carbonyl (C=O) groups is 2. The Kier molecular flexibility index (Phi) is 5.20. The van der Waals surface area contributed by atoms with Gasteiger partial charge in [0.2, 0.25) is 11.8 Å². The topological polar surface area (TPSA) is 58.6 Å². The summed E-state index contributed by atoms with van der Waals surface area (Å²) in [6.45, 7) is 2.52. The van der Waals surface area contributed by atoms with Gasteiger partial charge in [-0.15, -0.1) is 0 Å². The van der Waals surface area contributed by atoms with Crippen molar-refractivity contribution in [3.63, 3.8) is 0 Å². The highest BCUT2D eigenvalue weighted by molar-refractivity contribution is 5.98. The van der Waals surface area contributed by atoms with E-state index in [1.807, 2.05) is 31.2 Å². The molecule has 1 aliphatic rings. The van der Waals surface area contributed by atoms with Gasteiger partial charge in [-0.05, 0) is 43.0 Å². The van der Waals surface area contributed by atoms with Gasteiger partial charge in [-0.2, -0.15) is 0 Å². The standard InChI is InChI=1S/C17H22N2O3/c1-12(13-6-8-14(22-3)9-7-13)11-16(20)19-10-4-5-15(19)17(21)18-2/h6-9,11,15H,4-5,10H2,1-3H3,(H,18,21)/b12-11+/t15-/m1/s1. The molecule has 0 aromatic heterocycles. The van der Waals surface area contributed by atoms with Crippen LogP contribution in [0.4, 0.5) is 0 Å². The molecule has 22 heavy (non-hydrogen) atoms. The Morgan fingerprint density at radius 1 is 1.32 bits per heavy atom. The molecule has 1 aromatic carbocycles. The summed E-state index contributed by atoms with van der Waals surface area (Å²) in [4.78, 5) is 25.9. The van der Waals surface area contributed by atoms with Crippen molar-refractivity contribution in [2.24, 2.45) is 0 Å². The van der Waals surface area contributed by atoms with Crippen LogP contribution < -0.4 is 10.1 Å². The fraction of sp³-hybridized carbons (Fsp3) is 0.412. The fourth-order valence-electron chi connectivity index (χ4n) is 2.68. The van der Waals surface area contributed by atoms with E-state index in [9.17, 15) is 9.59 Å². The van der Waals surface area contributed by atoms with Crippen LogP contribution in [0.1, 0.15) is 25.3 Å². The number of rotatable bonds is 4. The third kappa shape index (κ3) is 3.47. The van der Waals surface area contributed by atoms with Crippen LogP contribution in [0.25, 0.3) is 5.57 Å². The van der Waals surface area contributed by atoms with Crippen molar-refractivity contribution in [2.45, 2.75) is 25.8 Å². The molecule has 118 valence electrons. The Morgan fingerprint density at radius 3 is 2.59 bits per heavy atom. The average molecular weight is 302 g/mol. The lowest BCUT2D eigenvalue weighted by molar-refractivity contribution is -0.134. The highest BCUT2D eigenvalue weighted by atomic mass is 16.5. The van der Waals surface area contributed by atoms with Crippen molar-refractivity contribution >= 4 is 17.4 Å². The summed E-state index contributed by atoms with van der Waals surface area (Å²) in [6, 6.07) is 7.20. The number of ether oxygens (including phenoxy) is 1. The molecule has 5 nitrogen and oxygen atoms in total. The number of methoxy groups -OCH3 is 1. The highest BCUT2D eigenvalue weighted by Gasteiger charge is 2.32. The van der Waals surface area contributed by atoms with Crippen LogP contribution in [-0.2, 0) is 9.59 Å². The van der Waals surface area contributed by atoms with Gasteiger partial charge in [0.15, 0.2) is 0 Å². The molecular formula is C17H22N2O3. The minimum absolute atomic E-state index is 0.0960. The van der Waals surface area contributed by atoms with E-state index in [0.29, 0.717) is 6.54 Å². The predicted molar refractivity (Wildman–Crippen MR) is 85.4 cm³/mol. The molecule has 0 saturated carbocycles. The number of likely N-dealkylation sites (N-methyl/N-ethyl adjacent to an activating group) is 1. The second-order valence-corrected chi connectivity index (χ2v) is 5.36. The molecule has 1 aromatic rings. The fourth-order valence-corrected chi connectivity index (χ4v) is 2.68. The SMILES string of the molecule is CNC(=O)[C@H]1CCCN1C(=O)/C=C(\C)c1ccc(OC)cc1. The van der Waals surface area contributed by atoms with Crippen molar-refractivity contribution in [1.82, 2.24) is 10.2 Å². The maximum absolute atomic E-state index is 12.4. The molecule has 0 aliphatic carbocycles. The molecule has 2 rings (SSSR count). The molecule has 2 amide bonds. The smallest absolute Gasteiger partial charge is 0.247 e. The number of hydrogen-bond donors (Lipinski definition) is 1. The Morgan fingerprint density at radius 2 is 2.00 bits per heavy atom. The predicted octanol–water partition coefficient (Wildman–Crippen LogP) is 1.84. The van der Waals surface area contributed by atoms with E-state index in [1.165, 1.54) is 0 Å². The largest absolute Gasteiger partial charge is 0.497 e. The zero-order valence-corrected chi connectivity index (χ0v) is 13.3. The first-order chi connectivity index (χ1) is 10.6. The van der Waals surface area contributed by atoms with Crippen LogP contribution >= 0.6 is 0 Å². The quantitative estimate of drug-likeness (QED) is 0.863. The third-order valence-corrected chi connectivity index (χ3v) is 3.97. The summed E-state index contributed by atoms with van der Waals surface area (Å²) < 4.78 is 5.12. The van der Waals surface area contributed by atoms with Crippen LogP contribution in [-0.4, -0.2) is 43.5 Å². The molecule has 1 aliphatic heterocycles. The van der Waals surface area contributed by atoms with Gasteiger partial charge in [0.05, 0.1) is 7.11 Å². The van der Waals surface area contributed by atoms with Crippen molar-refractivity contribution < 1.29 is 14.3 Å². The summed E-state index contributed by atoms with van der Waals surface area (Å²) in [5.41, 5.74) is 1.83. The molecule has 0 radical (unpaired) electrons. The number of likely N-dealkylation sites (tertiary alicyclic amines) is 1. The van der Waals surface area contributed by atoms with Gasteiger partial charge in [0.1, 0.15) is 11.8 Å². The van der Waals surface area contributed by atoms with Crippen molar-refractivity contribution in [2.75, 3.05) is 20.7 Å². The Labute approximate surface area is 130 Å². The monoisotopic (exact) mass is 302 g/mol. The van der Waals surface area contributed by atoms with Crippen LogP contribution in [0.15, 0.2) is 30.3 Å². The summed E-state index contributed by atoms with van der Waals surface area (Å²) >= 11 is 0. The summed E-state index contributed by atoms with van der Waals surface area (Å²) in [5, 5.41) is 2.62. The molecule has 0 spiro atoms. The normalized spacial score (nSPS) is 18.2. The van der Waals surface area contributed by atoms with E-state index in [0.717, 1.165) is 29.7 Å². The minimum Gasteiger partial charge on any atom is -0.497 e. The minimum atomic E-state index is -0.350. The van der Waals surface area contributed by atoms with Gasteiger partial charge in [-0.3, -0.25) is 9.59 Å². The number of nitrogens with one attached hydrogen (secondary N) is 1. The molecule has 0 bridgehead atoms. The van der Waals surface area contributed by atoms with Gasteiger partial charge >= 0.3 is 0 Å². The van der Waals surface area contributed by atoms with Crippen molar-refractivity contribution in [3.05, 3.63) is 35.9 Å². The molecular weight excluding hydrogens is 280 g/mol. The third-order valence-electron chi connectivity index (χ3n) is 3.97. The Bertz CT molecular complexity index is 578. The summed E-state index contributed by atoms with van der Waals surface area (Å²) in [7, 11) is 3.22. The average Bonchev–Trinajstić information content (AvgIpc) is 3.03. The van der Waals surface area contributed by atoms with E-state index in [1.54, 1.807) is 25.1 Å². The van der Waals surface area contributed by atoms with Gasteiger partial charge in [-0.1, -0.05) is 12.1 Å². The van der Waals surface area contributed by atoms with Crippen LogP contribution in [0.2, 0.25) is 0 Å². The molecule has 1 fully saturated rings. The number of nitrogens with zero attached hydrogens (tertiary/aromatic N) is 1. The second-order valence-electron chi connectivity index (χ2n) is 5.36. The highest BCUT2D eigenvalue weighted by Crippen LogP contribution is 2.21. The van der Waals surface area contributed by atoms with Gasteiger partial charge in [0, 0.05) is 19.7 Å². The number of carbonyl (C=O) groups excluding carboxylic acids is 2. The number of amides is 2. The molecule has 5 heteroatoms. The zero-order valence-electron chi connectivity index (χ0n) is 13.3. The van der Waals surface area contributed by atoms with Gasteiger partial charge in [-0.25, -0.2) is 0 Å². The molecule has 1 saturated heterocycles. The Balaban J connectivity index is 2.12. The lowest BCUT2D eigenvalue weighted by Gasteiger charge is -2.22. The van der Waals surface area contributed by atoms with Crippen LogP contribution in [0.3, 0.4) is 0 Å². The number of allylic oxidation sites excluding steroid dienone is 1. The lowest BCUT2D eigenvalue weighted by atomic mass is 10.1. The number of benzene rings is 1. The first-order valence-electron chi connectivity index (χ1n) is 7.41. The zero-order chi connectivity index (χ0) is 16.1. The maximum Gasteiger partial charge on any atom is 0.247 e. The molecule has 1 atom stereocenters. The van der Waals surface area contributed by atoms with E-state index in [-0.39, 0.29) is 17.9 Å². The van der Waals surface area contributed by atoms with Crippen molar-refractivity contribution in [3.8, 4) is 5.75 Å². The first kappa shape index (κ1) is 16.1. The Hall–Kier alpha value is -2.30. The maximum atomic E-state index is 12.4. The van der Waals surface area contributed by atoms with E-state index < -0.39 is 0 Å². The van der Waals surface area contributed by atoms with Gasteiger partial charge < -0.3 is 15.0 Å².